The minimum absolute atomic E-state index is 0.555. The molecule has 0 atom stereocenters. The van der Waals surface area contributed by atoms with Gasteiger partial charge in [0.1, 0.15) is 11.8 Å². The summed E-state index contributed by atoms with van der Waals surface area (Å²) in [7, 11) is 0. The van der Waals surface area contributed by atoms with Crippen molar-refractivity contribution in [1.29, 1.82) is 5.26 Å². The average molecular weight is 532 g/mol. The number of anilines is 1. The number of hydrogen-bond donors (Lipinski definition) is 0. The highest BCUT2D eigenvalue weighted by Gasteiger charge is 2.25. The van der Waals surface area contributed by atoms with Crippen LogP contribution in [0.3, 0.4) is 0 Å². The molecule has 1 aliphatic rings. The Morgan fingerprint density at radius 3 is 1.78 bits per heavy atom. The van der Waals surface area contributed by atoms with E-state index in [0.29, 0.717) is 11.3 Å². The van der Waals surface area contributed by atoms with Crippen LogP contribution in [0.5, 0.6) is 0 Å². The summed E-state index contributed by atoms with van der Waals surface area (Å²) in [5.74, 6) is 0. The van der Waals surface area contributed by atoms with E-state index >= 15 is 0 Å². The zero-order chi connectivity index (χ0) is 27.6. The van der Waals surface area contributed by atoms with Crippen molar-refractivity contribution in [3.63, 3.8) is 0 Å². The van der Waals surface area contributed by atoms with Gasteiger partial charge < -0.3 is 4.90 Å². The number of hydrogen-bond acceptors (Lipinski definition) is 4. The van der Waals surface area contributed by atoms with Crippen LogP contribution in [0.15, 0.2) is 115 Å². The maximum absolute atomic E-state index is 10.7. The average Bonchev–Trinajstić information content (AvgIpc) is 3.45. The summed E-state index contributed by atoms with van der Waals surface area (Å²) >= 11 is 0. The molecule has 1 saturated heterocycles. The van der Waals surface area contributed by atoms with Crippen LogP contribution in [0.1, 0.15) is 24.8 Å². The molecule has 6 aromatic rings. The van der Waals surface area contributed by atoms with E-state index in [1.807, 2.05) is 83.5 Å². The molecule has 0 radical (unpaired) electrons. The second-order valence-corrected chi connectivity index (χ2v) is 10.4. The van der Waals surface area contributed by atoms with E-state index in [1.54, 1.807) is 0 Å². The van der Waals surface area contributed by atoms with Crippen molar-refractivity contribution in [3.8, 4) is 45.4 Å². The van der Waals surface area contributed by atoms with Gasteiger partial charge in [-0.25, -0.2) is 9.67 Å². The standard InChI is InChI=1S/C36H29N5/c37-25-31-32(26-19-21-29(22-20-26)40-23-11-4-12-24-40)33-35(28-15-7-2-8-16-28)39-41(30-17-9-3-10-18-30)36(33)38-34(31)27-13-5-1-6-14-27/h1-3,5-10,13-22H,4,11-12,23-24H2. The Morgan fingerprint density at radius 1 is 0.585 bits per heavy atom. The fourth-order valence-electron chi connectivity index (χ4n) is 5.89. The number of aromatic nitrogens is 3. The first-order valence-electron chi connectivity index (χ1n) is 14.2. The monoisotopic (exact) mass is 531 g/mol. The number of nitriles is 1. The Labute approximate surface area is 240 Å². The van der Waals surface area contributed by atoms with Gasteiger partial charge in [-0.1, -0.05) is 91.0 Å². The molecule has 0 aliphatic carbocycles. The van der Waals surface area contributed by atoms with Crippen molar-refractivity contribution in [2.45, 2.75) is 19.3 Å². The predicted molar refractivity (Wildman–Crippen MR) is 166 cm³/mol. The minimum atomic E-state index is 0.555. The quantitative estimate of drug-likeness (QED) is 0.225. The van der Waals surface area contributed by atoms with Crippen molar-refractivity contribution in [2.24, 2.45) is 0 Å². The molecule has 198 valence electrons. The van der Waals surface area contributed by atoms with Gasteiger partial charge in [0.25, 0.3) is 0 Å². The van der Waals surface area contributed by atoms with Crippen molar-refractivity contribution >= 4 is 16.7 Å². The molecule has 41 heavy (non-hydrogen) atoms. The third-order valence-corrected chi connectivity index (χ3v) is 7.90. The molecule has 5 heteroatoms. The van der Waals surface area contributed by atoms with Gasteiger partial charge in [0, 0.05) is 35.5 Å². The third kappa shape index (κ3) is 4.54. The Balaban J connectivity index is 1.56. The molecule has 2 aromatic heterocycles. The second kappa shape index (κ2) is 10.7. The van der Waals surface area contributed by atoms with Crippen LogP contribution >= 0.6 is 0 Å². The van der Waals surface area contributed by atoms with E-state index in [4.69, 9.17) is 10.1 Å². The molecule has 0 saturated carbocycles. The maximum atomic E-state index is 10.7. The SMILES string of the molecule is N#Cc1c(-c2ccccc2)nc2c(c(-c3ccccc3)nn2-c2ccccc2)c1-c1ccc(N2CCCCC2)cc1. The van der Waals surface area contributed by atoms with Gasteiger partial charge >= 0.3 is 0 Å². The molecule has 3 heterocycles. The largest absolute Gasteiger partial charge is 0.372 e. The summed E-state index contributed by atoms with van der Waals surface area (Å²) in [6.45, 7) is 2.17. The van der Waals surface area contributed by atoms with E-state index in [9.17, 15) is 5.26 Å². The van der Waals surface area contributed by atoms with Gasteiger partial charge in [-0.15, -0.1) is 0 Å². The molecule has 1 fully saturated rings. The first-order valence-corrected chi connectivity index (χ1v) is 14.2. The Bertz CT molecular complexity index is 1850. The number of fused-ring (bicyclic) bond motifs is 1. The zero-order valence-corrected chi connectivity index (χ0v) is 22.7. The summed E-state index contributed by atoms with van der Waals surface area (Å²) in [6.07, 6.45) is 3.75. The molecule has 0 amide bonds. The lowest BCUT2D eigenvalue weighted by molar-refractivity contribution is 0.578. The lowest BCUT2D eigenvalue weighted by Crippen LogP contribution is -2.29. The van der Waals surface area contributed by atoms with Crippen LogP contribution < -0.4 is 4.90 Å². The molecule has 5 nitrogen and oxygen atoms in total. The highest BCUT2D eigenvalue weighted by molar-refractivity contribution is 6.07. The third-order valence-electron chi connectivity index (χ3n) is 7.90. The Kier molecular flexibility index (Phi) is 6.50. The van der Waals surface area contributed by atoms with E-state index in [0.717, 1.165) is 57.8 Å². The summed E-state index contributed by atoms with van der Waals surface area (Å²) in [6, 6.07) is 41.5. The van der Waals surface area contributed by atoms with Gasteiger partial charge in [-0.05, 0) is 49.1 Å². The number of benzene rings is 4. The smallest absolute Gasteiger partial charge is 0.164 e. The molecular formula is C36H29N5. The lowest BCUT2D eigenvalue weighted by Gasteiger charge is -2.29. The molecular weight excluding hydrogens is 502 g/mol. The van der Waals surface area contributed by atoms with Gasteiger partial charge in [0.05, 0.1) is 22.3 Å². The fourth-order valence-corrected chi connectivity index (χ4v) is 5.89. The zero-order valence-electron chi connectivity index (χ0n) is 22.7. The molecule has 4 aromatic carbocycles. The number of rotatable bonds is 5. The Morgan fingerprint density at radius 2 is 1.17 bits per heavy atom. The fraction of sp³-hybridized carbons (Fsp3) is 0.139. The molecule has 1 aliphatic heterocycles. The van der Waals surface area contributed by atoms with Crippen molar-refractivity contribution in [1.82, 2.24) is 14.8 Å². The number of pyridine rings is 1. The highest BCUT2D eigenvalue weighted by Crippen LogP contribution is 2.42. The van der Waals surface area contributed by atoms with Crippen LogP contribution in [0.25, 0.3) is 50.4 Å². The van der Waals surface area contributed by atoms with Crippen LogP contribution in [-0.4, -0.2) is 27.9 Å². The van der Waals surface area contributed by atoms with Crippen molar-refractivity contribution < 1.29 is 0 Å². The molecule has 0 spiro atoms. The summed E-state index contributed by atoms with van der Waals surface area (Å²) < 4.78 is 1.91. The van der Waals surface area contributed by atoms with E-state index in [1.165, 1.54) is 24.9 Å². The Hall–Kier alpha value is -5.21. The molecule has 0 N–H and O–H groups in total. The molecule has 7 rings (SSSR count). The van der Waals surface area contributed by atoms with Gasteiger partial charge in [-0.2, -0.15) is 10.4 Å². The first kappa shape index (κ1) is 24.8. The maximum Gasteiger partial charge on any atom is 0.164 e. The van der Waals surface area contributed by atoms with Gasteiger partial charge in [0.2, 0.25) is 0 Å². The topological polar surface area (TPSA) is 57.7 Å². The van der Waals surface area contributed by atoms with Crippen molar-refractivity contribution in [2.75, 3.05) is 18.0 Å². The summed E-state index contributed by atoms with van der Waals surface area (Å²) in [4.78, 5) is 7.64. The number of nitrogens with zero attached hydrogens (tertiary/aromatic N) is 5. The van der Waals surface area contributed by atoms with E-state index in [2.05, 4.69) is 47.4 Å². The normalized spacial score (nSPS) is 13.3. The summed E-state index contributed by atoms with van der Waals surface area (Å²) in [5.41, 5.74) is 8.62. The van der Waals surface area contributed by atoms with Gasteiger partial charge in [-0.3, -0.25) is 0 Å². The van der Waals surface area contributed by atoms with Crippen LogP contribution in [-0.2, 0) is 0 Å². The van der Waals surface area contributed by atoms with E-state index < -0.39 is 0 Å². The first-order chi connectivity index (χ1) is 20.3. The minimum Gasteiger partial charge on any atom is -0.372 e. The highest BCUT2D eigenvalue weighted by atomic mass is 15.3. The van der Waals surface area contributed by atoms with Crippen LogP contribution in [0.2, 0.25) is 0 Å². The number of para-hydroxylation sites is 1. The second-order valence-electron chi connectivity index (χ2n) is 10.4. The lowest BCUT2D eigenvalue weighted by atomic mass is 9.92. The number of piperidine rings is 1. The molecule has 0 unspecified atom stereocenters. The van der Waals surface area contributed by atoms with Crippen LogP contribution in [0, 0.1) is 11.3 Å². The van der Waals surface area contributed by atoms with Gasteiger partial charge in [0.15, 0.2) is 5.65 Å². The molecule has 0 bridgehead atoms. The summed E-state index contributed by atoms with van der Waals surface area (Å²) in [5, 5.41) is 16.7. The van der Waals surface area contributed by atoms with E-state index in [-0.39, 0.29) is 0 Å². The predicted octanol–water partition coefficient (Wildman–Crippen LogP) is 8.28. The van der Waals surface area contributed by atoms with Crippen molar-refractivity contribution in [3.05, 3.63) is 121 Å². The van der Waals surface area contributed by atoms with Crippen LogP contribution in [0.4, 0.5) is 5.69 Å².